The quantitative estimate of drug-likeness (QED) is 0.288. The normalized spacial score (nSPS) is 17.8. The number of carbonyl (C=O) groups is 2. The SMILES string of the molecule is COc1ccc(C2C(C#N)=C(N)N(c3nnc(SCC(=O)Nc4cccc(Cl)c4)s3)C3=C2C(=O)CC(C)(C)C3)c(OC)c1. The predicted octanol–water partition coefficient (Wildman–Crippen LogP) is 5.88. The number of methoxy groups -OCH3 is 2. The zero-order valence-electron chi connectivity index (χ0n) is 23.9. The van der Waals surface area contributed by atoms with Crippen LogP contribution in [0.3, 0.4) is 0 Å². The number of ketones is 1. The largest absolute Gasteiger partial charge is 0.497 e. The number of hydrogen-bond acceptors (Lipinski definition) is 11. The number of nitriles is 1. The second-order valence-electron chi connectivity index (χ2n) is 10.8. The Hall–Kier alpha value is -4.05. The van der Waals surface area contributed by atoms with Crippen molar-refractivity contribution in [2.24, 2.45) is 11.1 Å². The first-order valence-electron chi connectivity index (χ1n) is 13.2. The standard InChI is InChI=1S/C30H29ClN6O4S2/c1-30(2)12-21-26(22(38)13-30)25(19-9-8-18(40-3)11-23(19)41-4)20(14-32)27(33)37(21)28-35-36-29(43-28)42-15-24(39)34-17-7-5-6-16(31)10-17/h5-11,25H,12-13,15,33H2,1-4H3,(H,34,39). The minimum absolute atomic E-state index is 0.0730. The highest BCUT2D eigenvalue weighted by atomic mass is 35.5. The van der Waals surface area contributed by atoms with Crippen LogP contribution in [-0.4, -0.2) is 41.9 Å². The number of Topliss-reactive ketones (excluding diaryl/α,β-unsaturated/α-hetero) is 1. The van der Waals surface area contributed by atoms with E-state index in [0.717, 1.165) is 0 Å². The molecule has 0 saturated heterocycles. The summed E-state index contributed by atoms with van der Waals surface area (Å²) in [5.74, 6) is 0.297. The Morgan fingerprint density at radius 3 is 2.72 bits per heavy atom. The number of hydrogen-bond donors (Lipinski definition) is 2. The maximum Gasteiger partial charge on any atom is 0.234 e. The molecular weight excluding hydrogens is 608 g/mol. The number of rotatable bonds is 8. The molecule has 3 N–H and O–H groups in total. The molecule has 2 aromatic carbocycles. The lowest BCUT2D eigenvalue weighted by Gasteiger charge is -2.42. The van der Waals surface area contributed by atoms with Crippen molar-refractivity contribution in [1.29, 1.82) is 5.26 Å². The molecule has 0 radical (unpaired) electrons. The van der Waals surface area contributed by atoms with E-state index in [1.165, 1.54) is 30.2 Å². The van der Waals surface area contributed by atoms with Gasteiger partial charge < -0.3 is 20.5 Å². The Morgan fingerprint density at radius 1 is 1.23 bits per heavy atom. The number of aromatic nitrogens is 2. The molecule has 5 rings (SSSR count). The van der Waals surface area contributed by atoms with Gasteiger partial charge in [-0.3, -0.25) is 14.5 Å². The third-order valence-corrected chi connectivity index (χ3v) is 9.43. The fourth-order valence-corrected chi connectivity index (χ4v) is 7.21. The van der Waals surface area contributed by atoms with Gasteiger partial charge in [0.15, 0.2) is 10.1 Å². The van der Waals surface area contributed by atoms with E-state index in [9.17, 15) is 14.9 Å². The highest BCUT2D eigenvalue weighted by Gasteiger charge is 2.46. The topological polar surface area (TPSA) is 143 Å². The molecule has 1 unspecified atom stereocenters. The highest BCUT2D eigenvalue weighted by Crippen LogP contribution is 2.52. The van der Waals surface area contributed by atoms with Crippen molar-refractivity contribution in [3.8, 4) is 17.6 Å². The van der Waals surface area contributed by atoms with Gasteiger partial charge >= 0.3 is 0 Å². The van der Waals surface area contributed by atoms with Crippen molar-refractivity contribution in [2.45, 2.75) is 36.9 Å². The summed E-state index contributed by atoms with van der Waals surface area (Å²) in [5.41, 5.74) is 8.99. The highest BCUT2D eigenvalue weighted by molar-refractivity contribution is 8.01. The molecule has 1 aliphatic heterocycles. The van der Waals surface area contributed by atoms with E-state index in [1.54, 1.807) is 54.5 Å². The zero-order valence-corrected chi connectivity index (χ0v) is 26.3. The first-order chi connectivity index (χ1) is 20.5. The van der Waals surface area contributed by atoms with Gasteiger partial charge in [0.25, 0.3) is 0 Å². The molecule has 0 saturated carbocycles. The van der Waals surface area contributed by atoms with Crippen LogP contribution in [0.4, 0.5) is 10.8 Å². The summed E-state index contributed by atoms with van der Waals surface area (Å²) in [7, 11) is 3.09. The number of allylic oxidation sites excluding steroid dienone is 3. The van der Waals surface area contributed by atoms with E-state index in [0.29, 0.717) is 61.4 Å². The average molecular weight is 637 g/mol. The number of ether oxygens (including phenoxy) is 2. The molecule has 0 fully saturated rings. The average Bonchev–Trinajstić information content (AvgIpc) is 3.43. The van der Waals surface area contributed by atoms with Crippen molar-refractivity contribution in [2.75, 3.05) is 30.2 Å². The van der Waals surface area contributed by atoms with E-state index >= 15 is 0 Å². The number of nitrogens with two attached hydrogens (primary N) is 1. The van der Waals surface area contributed by atoms with Crippen LogP contribution < -0.4 is 25.4 Å². The fraction of sp³-hybridized carbons (Fsp3) is 0.300. The molecular formula is C30H29ClN6O4S2. The van der Waals surface area contributed by atoms with E-state index < -0.39 is 5.92 Å². The molecule has 2 aliphatic rings. The van der Waals surface area contributed by atoms with Crippen molar-refractivity contribution in [1.82, 2.24) is 10.2 Å². The molecule has 1 amide bonds. The molecule has 1 atom stereocenters. The summed E-state index contributed by atoms with van der Waals surface area (Å²) >= 11 is 8.46. The van der Waals surface area contributed by atoms with Crippen LogP contribution in [0.15, 0.2) is 69.5 Å². The van der Waals surface area contributed by atoms with Gasteiger partial charge in [-0.25, -0.2) is 0 Å². The van der Waals surface area contributed by atoms with Gasteiger partial charge in [-0.1, -0.05) is 60.7 Å². The lowest BCUT2D eigenvalue weighted by Crippen LogP contribution is -2.42. The summed E-state index contributed by atoms with van der Waals surface area (Å²) in [5, 5.41) is 22.8. The van der Waals surface area contributed by atoms with Crippen LogP contribution >= 0.6 is 34.7 Å². The summed E-state index contributed by atoms with van der Waals surface area (Å²) in [6.45, 7) is 4.05. The number of nitrogens with one attached hydrogen (secondary N) is 1. The predicted molar refractivity (Wildman–Crippen MR) is 167 cm³/mol. The summed E-state index contributed by atoms with van der Waals surface area (Å²) in [6.07, 6.45) is 0.832. The van der Waals surface area contributed by atoms with Crippen LogP contribution in [0.25, 0.3) is 0 Å². The van der Waals surface area contributed by atoms with Crippen LogP contribution in [-0.2, 0) is 9.59 Å². The van der Waals surface area contributed by atoms with E-state index in [1.807, 2.05) is 13.8 Å². The van der Waals surface area contributed by atoms with Crippen molar-refractivity contribution in [3.63, 3.8) is 0 Å². The zero-order chi connectivity index (χ0) is 30.9. The van der Waals surface area contributed by atoms with E-state index in [-0.39, 0.29) is 34.3 Å². The lowest BCUT2D eigenvalue weighted by atomic mass is 9.68. The first-order valence-corrected chi connectivity index (χ1v) is 15.4. The van der Waals surface area contributed by atoms with Crippen molar-refractivity contribution in [3.05, 3.63) is 75.7 Å². The Balaban J connectivity index is 1.50. The third kappa shape index (κ3) is 6.20. The third-order valence-electron chi connectivity index (χ3n) is 7.15. The maximum absolute atomic E-state index is 13.8. The summed E-state index contributed by atoms with van der Waals surface area (Å²) < 4.78 is 11.6. The van der Waals surface area contributed by atoms with Gasteiger partial charge in [-0.05, 0) is 36.1 Å². The van der Waals surface area contributed by atoms with Gasteiger partial charge in [0.1, 0.15) is 17.3 Å². The molecule has 1 aromatic heterocycles. The second-order valence-corrected chi connectivity index (χ2v) is 13.4. The van der Waals surface area contributed by atoms with E-state index in [2.05, 4.69) is 21.6 Å². The van der Waals surface area contributed by atoms with Gasteiger partial charge in [0, 0.05) is 40.0 Å². The number of halogens is 1. The van der Waals surface area contributed by atoms with E-state index in [4.69, 9.17) is 26.8 Å². The Kier molecular flexibility index (Phi) is 8.69. The lowest BCUT2D eigenvalue weighted by molar-refractivity contribution is -0.118. The van der Waals surface area contributed by atoms with Gasteiger partial charge in [0.05, 0.1) is 37.5 Å². The first kappa shape index (κ1) is 30.4. The smallest absolute Gasteiger partial charge is 0.234 e. The van der Waals surface area contributed by atoms with Crippen molar-refractivity contribution < 1.29 is 19.1 Å². The Labute approximate surface area is 262 Å². The van der Waals surface area contributed by atoms with Crippen LogP contribution in [0.1, 0.15) is 38.2 Å². The second kappa shape index (κ2) is 12.3. The fourth-order valence-electron chi connectivity index (χ4n) is 5.34. The molecule has 1 aliphatic carbocycles. The molecule has 3 aromatic rings. The molecule has 43 heavy (non-hydrogen) atoms. The number of nitrogens with zero attached hydrogens (tertiary/aromatic N) is 4. The maximum atomic E-state index is 13.8. The Bertz CT molecular complexity index is 1710. The number of thioether (sulfide) groups is 1. The van der Waals surface area contributed by atoms with Gasteiger partial charge in [-0.2, -0.15) is 5.26 Å². The van der Waals surface area contributed by atoms with Crippen molar-refractivity contribution >= 4 is 57.2 Å². The molecule has 0 bridgehead atoms. The van der Waals surface area contributed by atoms with Gasteiger partial charge in [0.2, 0.25) is 11.0 Å². The van der Waals surface area contributed by atoms with Crippen LogP contribution in [0.2, 0.25) is 5.02 Å². The van der Waals surface area contributed by atoms with Crippen LogP contribution in [0, 0.1) is 16.7 Å². The minimum Gasteiger partial charge on any atom is -0.497 e. The monoisotopic (exact) mass is 636 g/mol. The molecule has 0 spiro atoms. The van der Waals surface area contributed by atoms with Crippen LogP contribution in [0.5, 0.6) is 11.5 Å². The summed E-state index contributed by atoms with van der Waals surface area (Å²) in [4.78, 5) is 28.1. The Morgan fingerprint density at radius 2 is 2.02 bits per heavy atom. The number of carbonyl (C=O) groups excluding carboxylic acids is 2. The number of amides is 1. The molecule has 222 valence electrons. The molecule has 13 heteroatoms. The summed E-state index contributed by atoms with van der Waals surface area (Å²) in [6, 6.07) is 14.4. The number of anilines is 2. The minimum atomic E-state index is -0.724. The molecule has 10 nitrogen and oxygen atoms in total. The van der Waals surface area contributed by atoms with Gasteiger partial charge in [-0.15, -0.1) is 10.2 Å². The molecule has 2 heterocycles. The number of benzene rings is 2.